The van der Waals surface area contributed by atoms with Gasteiger partial charge < -0.3 is 10.1 Å². The number of hydrogen-bond acceptors (Lipinski definition) is 3. The van der Waals surface area contributed by atoms with Gasteiger partial charge in [0, 0.05) is 6.42 Å². The van der Waals surface area contributed by atoms with Gasteiger partial charge in [-0.25, -0.2) is 0 Å². The van der Waals surface area contributed by atoms with E-state index >= 15 is 0 Å². The molecule has 12 heavy (non-hydrogen) atoms. The summed E-state index contributed by atoms with van der Waals surface area (Å²) >= 11 is 0. The highest BCUT2D eigenvalue weighted by atomic mass is 16.1. The van der Waals surface area contributed by atoms with Gasteiger partial charge in [0.05, 0.1) is 6.04 Å². The van der Waals surface area contributed by atoms with Crippen LogP contribution in [0.15, 0.2) is 0 Å². The van der Waals surface area contributed by atoms with Crippen LogP contribution in [0.5, 0.6) is 0 Å². The van der Waals surface area contributed by atoms with Crippen LogP contribution >= 0.6 is 0 Å². The third-order valence-electron chi connectivity index (χ3n) is 1.86. The third-order valence-corrected chi connectivity index (χ3v) is 1.86. The van der Waals surface area contributed by atoms with Gasteiger partial charge in [0.25, 0.3) is 0 Å². The van der Waals surface area contributed by atoms with E-state index in [0.717, 1.165) is 12.8 Å². The van der Waals surface area contributed by atoms with Crippen molar-refractivity contribution in [1.29, 1.82) is 0 Å². The van der Waals surface area contributed by atoms with Crippen molar-refractivity contribution in [3.8, 4) is 0 Å². The molecule has 0 aliphatic carbocycles. The fourth-order valence-electron chi connectivity index (χ4n) is 1.11. The summed E-state index contributed by atoms with van der Waals surface area (Å²) in [5, 5.41) is 2.91. The van der Waals surface area contributed by atoms with Crippen LogP contribution in [0.4, 0.5) is 0 Å². The van der Waals surface area contributed by atoms with Gasteiger partial charge >= 0.3 is 0 Å². The predicted molar refractivity (Wildman–Crippen MR) is 48.1 cm³/mol. The van der Waals surface area contributed by atoms with Crippen molar-refractivity contribution in [2.75, 3.05) is 7.05 Å². The summed E-state index contributed by atoms with van der Waals surface area (Å²) in [7, 11) is 1.76. The zero-order chi connectivity index (χ0) is 9.56. The Kier molecular flexibility index (Phi) is 5.54. The number of nitrogens with one attached hydrogen (secondary N) is 1. The molecule has 0 amide bonds. The number of carbonyl (C=O) groups excluding carboxylic acids is 2. The van der Waals surface area contributed by atoms with E-state index in [1.807, 2.05) is 0 Å². The molecule has 0 aromatic carbocycles. The van der Waals surface area contributed by atoms with Crippen molar-refractivity contribution in [2.45, 2.75) is 39.2 Å². The van der Waals surface area contributed by atoms with E-state index in [-0.39, 0.29) is 17.6 Å². The largest absolute Gasteiger partial charge is 0.311 e. The molecule has 0 aromatic heterocycles. The second kappa shape index (κ2) is 5.89. The maximum absolute atomic E-state index is 10.9. The fourth-order valence-corrected chi connectivity index (χ4v) is 1.11. The lowest BCUT2D eigenvalue weighted by molar-refractivity contribution is -0.120. The van der Waals surface area contributed by atoms with Gasteiger partial charge in [-0.2, -0.15) is 0 Å². The summed E-state index contributed by atoms with van der Waals surface area (Å²) < 4.78 is 0. The molecule has 0 spiro atoms. The molecule has 0 heterocycles. The molecule has 0 fully saturated rings. The Labute approximate surface area is 73.5 Å². The van der Waals surface area contributed by atoms with E-state index in [1.54, 1.807) is 20.9 Å². The highest BCUT2D eigenvalue weighted by Gasteiger charge is 2.10. The molecule has 0 rings (SSSR count). The highest BCUT2D eigenvalue weighted by molar-refractivity contribution is 5.81. The van der Waals surface area contributed by atoms with E-state index in [2.05, 4.69) is 5.32 Å². The first-order valence-electron chi connectivity index (χ1n) is 4.25. The zero-order valence-corrected chi connectivity index (χ0v) is 8.02. The summed E-state index contributed by atoms with van der Waals surface area (Å²) in [6, 6.07) is -0.0793. The Morgan fingerprint density at radius 1 is 1.33 bits per heavy atom. The normalized spacial score (nSPS) is 12.6. The summed E-state index contributed by atoms with van der Waals surface area (Å²) in [6.45, 7) is 3.14. The number of carbonyl (C=O) groups is 2. The lowest BCUT2D eigenvalue weighted by Gasteiger charge is -2.10. The van der Waals surface area contributed by atoms with Gasteiger partial charge in [0.15, 0.2) is 0 Å². The highest BCUT2D eigenvalue weighted by Crippen LogP contribution is 2.01. The second-order valence-corrected chi connectivity index (χ2v) is 3.05. The van der Waals surface area contributed by atoms with Crippen LogP contribution in [0, 0.1) is 0 Å². The molecule has 0 saturated carbocycles. The van der Waals surface area contributed by atoms with Crippen LogP contribution in [0.1, 0.15) is 33.1 Å². The van der Waals surface area contributed by atoms with Crippen molar-refractivity contribution in [1.82, 2.24) is 5.32 Å². The van der Waals surface area contributed by atoms with Crippen LogP contribution in [-0.4, -0.2) is 24.7 Å². The van der Waals surface area contributed by atoms with E-state index in [0.29, 0.717) is 6.42 Å². The Balaban J connectivity index is 3.59. The number of ketones is 2. The lowest BCUT2D eigenvalue weighted by Crippen LogP contribution is -2.32. The lowest BCUT2D eigenvalue weighted by atomic mass is 10.1. The molecular weight excluding hydrogens is 154 g/mol. The van der Waals surface area contributed by atoms with Crippen molar-refractivity contribution in [2.24, 2.45) is 0 Å². The molecule has 0 bridgehead atoms. The molecule has 0 aliphatic rings. The van der Waals surface area contributed by atoms with E-state index in [4.69, 9.17) is 0 Å². The minimum atomic E-state index is -0.0793. The zero-order valence-electron chi connectivity index (χ0n) is 8.02. The molecule has 70 valence electrons. The Bertz CT molecular complexity index is 166. The van der Waals surface area contributed by atoms with Gasteiger partial charge in [-0.3, -0.25) is 4.79 Å². The van der Waals surface area contributed by atoms with E-state index in [1.165, 1.54) is 0 Å². The van der Waals surface area contributed by atoms with Gasteiger partial charge in [0.2, 0.25) is 0 Å². The average molecular weight is 171 g/mol. The maximum Gasteiger partial charge on any atom is 0.146 e. The van der Waals surface area contributed by atoms with Crippen LogP contribution in [0.3, 0.4) is 0 Å². The average Bonchev–Trinajstić information content (AvgIpc) is 1.96. The molecule has 0 unspecified atom stereocenters. The summed E-state index contributed by atoms with van der Waals surface area (Å²) in [4.78, 5) is 21.5. The molecule has 0 saturated heterocycles. The number of hydrogen-bond donors (Lipinski definition) is 1. The number of likely N-dealkylation sites (N-methyl/N-ethyl adjacent to an activating group) is 1. The molecule has 3 heteroatoms. The van der Waals surface area contributed by atoms with Crippen LogP contribution in [0.25, 0.3) is 0 Å². The van der Waals surface area contributed by atoms with Crippen molar-refractivity contribution >= 4 is 11.6 Å². The first kappa shape index (κ1) is 11.3. The number of rotatable bonds is 6. The molecule has 0 aliphatic heterocycles. The molecule has 0 radical (unpaired) electrons. The quantitative estimate of drug-likeness (QED) is 0.646. The van der Waals surface area contributed by atoms with Crippen molar-refractivity contribution < 1.29 is 9.59 Å². The summed E-state index contributed by atoms with van der Waals surface area (Å²) in [6.07, 6.45) is 2.12. The van der Waals surface area contributed by atoms with Gasteiger partial charge in [-0.05, 0) is 33.7 Å². The minimum absolute atomic E-state index is 0.0793. The first-order valence-corrected chi connectivity index (χ1v) is 4.25. The smallest absolute Gasteiger partial charge is 0.146 e. The second-order valence-electron chi connectivity index (χ2n) is 3.05. The van der Waals surface area contributed by atoms with Gasteiger partial charge in [-0.1, -0.05) is 0 Å². The van der Waals surface area contributed by atoms with Crippen LogP contribution in [-0.2, 0) is 9.59 Å². The third kappa shape index (κ3) is 5.02. The Morgan fingerprint density at radius 3 is 2.25 bits per heavy atom. The van der Waals surface area contributed by atoms with Crippen molar-refractivity contribution in [3.63, 3.8) is 0 Å². The standard InChI is InChI=1S/C9H17NO2/c1-7(11)5-4-6-9(10-3)8(2)12/h9-10H,4-6H2,1-3H3/t9-/m0/s1. The van der Waals surface area contributed by atoms with E-state index < -0.39 is 0 Å². The van der Waals surface area contributed by atoms with Gasteiger partial charge in [-0.15, -0.1) is 0 Å². The van der Waals surface area contributed by atoms with Gasteiger partial charge in [0.1, 0.15) is 11.6 Å². The first-order chi connectivity index (χ1) is 5.57. The molecular formula is C9H17NO2. The molecule has 0 aromatic rings. The summed E-state index contributed by atoms with van der Waals surface area (Å²) in [5.41, 5.74) is 0. The monoisotopic (exact) mass is 171 g/mol. The Hall–Kier alpha value is -0.700. The topological polar surface area (TPSA) is 46.2 Å². The fraction of sp³-hybridized carbons (Fsp3) is 0.778. The predicted octanol–water partition coefficient (Wildman–Crippen LogP) is 0.923. The Morgan fingerprint density at radius 2 is 1.92 bits per heavy atom. The maximum atomic E-state index is 10.9. The summed E-state index contributed by atoms with van der Waals surface area (Å²) in [5.74, 6) is 0.328. The SMILES string of the molecule is CN[C@@H](CCCC(C)=O)C(C)=O. The van der Waals surface area contributed by atoms with Crippen LogP contribution < -0.4 is 5.32 Å². The van der Waals surface area contributed by atoms with E-state index in [9.17, 15) is 9.59 Å². The molecule has 1 atom stereocenters. The number of Topliss-reactive ketones (excluding diaryl/α,β-unsaturated/α-hetero) is 2. The van der Waals surface area contributed by atoms with Crippen molar-refractivity contribution in [3.05, 3.63) is 0 Å². The van der Waals surface area contributed by atoms with Crippen LogP contribution in [0.2, 0.25) is 0 Å². The molecule has 1 N–H and O–H groups in total. The molecule has 3 nitrogen and oxygen atoms in total. The minimum Gasteiger partial charge on any atom is -0.311 e.